The summed E-state index contributed by atoms with van der Waals surface area (Å²) in [6, 6.07) is 4.63. The molecule has 0 amide bonds. The van der Waals surface area contributed by atoms with Crippen molar-refractivity contribution in [2.45, 2.75) is 32.8 Å². The van der Waals surface area contributed by atoms with E-state index in [-0.39, 0.29) is 5.56 Å². The SMILES string of the molecule is Cc1cc(C(=O)OC(C(C)C)C(F)(F)C(=O)O)ccc1I. The van der Waals surface area contributed by atoms with Gasteiger partial charge in [-0.3, -0.25) is 0 Å². The van der Waals surface area contributed by atoms with Crippen LogP contribution in [0.1, 0.15) is 29.8 Å². The van der Waals surface area contributed by atoms with Gasteiger partial charge in [-0.2, -0.15) is 8.78 Å². The highest BCUT2D eigenvalue weighted by molar-refractivity contribution is 14.1. The molecule has 0 aromatic heterocycles. The van der Waals surface area contributed by atoms with Gasteiger partial charge in [-0.15, -0.1) is 0 Å². The van der Waals surface area contributed by atoms with Crippen LogP contribution in [0.25, 0.3) is 0 Å². The minimum Gasteiger partial charge on any atom is -0.477 e. The normalized spacial score (nSPS) is 13.1. The number of aliphatic carboxylic acids is 1. The maximum atomic E-state index is 13.6. The van der Waals surface area contributed by atoms with Crippen molar-refractivity contribution in [1.29, 1.82) is 0 Å². The number of hydrogen-bond donors (Lipinski definition) is 1. The maximum absolute atomic E-state index is 13.6. The van der Waals surface area contributed by atoms with E-state index < -0.39 is 29.9 Å². The molecular weight excluding hydrogens is 397 g/mol. The maximum Gasteiger partial charge on any atom is 0.378 e. The van der Waals surface area contributed by atoms with E-state index in [2.05, 4.69) is 22.6 Å². The summed E-state index contributed by atoms with van der Waals surface area (Å²) in [6.45, 7) is 4.51. The molecule has 4 nitrogen and oxygen atoms in total. The number of halogens is 3. The zero-order valence-electron chi connectivity index (χ0n) is 11.7. The Labute approximate surface area is 134 Å². The molecule has 0 aliphatic heterocycles. The molecule has 1 unspecified atom stereocenters. The van der Waals surface area contributed by atoms with Gasteiger partial charge in [-0.1, -0.05) is 13.8 Å². The summed E-state index contributed by atoms with van der Waals surface area (Å²) in [5.41, 5.74) is 0.913. The lowest BCUT2D eigenvalue weighted by molar-refractivity contribution is -0.187. The van der Waals surface area contributed by atoms with Crippen LogP contribution in [0.3, 0.4) is 0 Å². The summed E-state index contributed by atoms with van der Waals surface area (Å²) in [7, 11) is 0. The molecular formula is C14H15F2IO4. The van der Waals surface area contributed by atoms with Crippen molar-refractivity contribution in [3.05, 3.63) is 32.9 Å². The summed E-state index contributed by atoms with van der Waals surface area (Å²) in [6.07, 6.45) is -2.03. The topological polar surface area (TPSA) is 63.6 Å². The molecule has 0 heterocycles. The highest BCUT2D eigenvalue weighted by atomic mass is 127. The van der Waals surface area contributed by atoms with Crippen LogP contribution in [0, 0.1) is 16.4 Å². The van der Waals surface area contributed by atoms with Crippen molar-refractivity contribution in [1.82, 2.24) is 0 Å². The second-order valence-corrected chi connectivity index (χ2v) is 6.12. The van der Waals surface area contributed by atoms with Gasteiger partial charge in [-0.05, 0) is 59.2 Å². The number of hydrogen-bond acceptors (Lipinski definition) is 3. The lowest BCUT2D eigenvalue weighted by atomic mass is 10.0. The zero-order chi connectivity index (χ0) is 16.4. The lowest BCUT2D eigenvalue weighted by Crippen LogP contribution is -2.47. The van der Waals surface area contributed by atoms with Crippen LogP contribution in [-0.2, 0) is 9.53 Å². The van der Waals surface area contributed by atoms with Gasteiger partial charge in [0.2, 0.25) is 0 Å². The van der Waals surface area contributed by atoms with Crippen molar-refractivity contribution in [2.75, 3.05) is 0 Å². The Morgan fingerprint density at radius 1 is 1.33 bits per heavy atom. The molecule has 21 heavy (non-hydrogen) atoms. The third kappa shape index (κ3) is 4.12. The van der Waals surface area contributed by atoms with E-state index in [1.54, 1.807) is 13.0 Å². The average molecular weight is 412 g/mol. The van der Waals surface area contributed by atoms with Crippen LogP contribution in [0.4, 0.5) is 8.78 Å². The second-order valence-electron chi connectivity index (χ2n) is 4.96. The Balaban J connectivity index is 3.02. The molecule has 0 radical (unpaired) electrons. The van der Waals surface area contributed by atoms with Crippen molar-refractivity contribution in [3.8, 4) is 0 Å². The number of esters is 1. The minimum atomic E-state index is -4.14. The highest BCUT2D eigenvalue weighted by Crippen LogP contribution is 2.28. The number of aryl methyl sites for hydroxylation is 1. The van der Waals surface area contributed by atoms with Gasteiger partial charge in [-0.25, -0.2) is 9.59 Å². The lowest BCUT2D eigenvalue weighted by Gasteiger charge is -2.26. The molecule has 0 saturated carbocycles. The van der Waals surface area contributed by atoms with E-state index >= 15 is 0 Å². The van der Waals surface area contributed by atoms with E-state index in [0.717, 1.165) is 9.13 Å². The fourth-order valence-electron chi connectivity index (χ4n) is 1.71. The van der Waals surface area contributed by atoms with Gasteiger partial charge in [0.15, 0.2) is 6.10 Å². The monoisotopic (exact) mass is 412 g/mol. The Hall–Kier alpha value is -1.25. The summed E-state index contributed by atoms with van der Waals surface area (Å²) < 4.78 is 32.9. The van der Waals surface area contributed by atoms with Crippen LogP contribution < -0.4 is 0 Å². The molecule has 0 aliphatic carbocycles. The number of ether oxygens (including phenoxy) is 1. The van der Waals surface area contributed by atoms with Crippen molar-refractivity contribution in [3.63, 3.8) is 0 Å². The first-order valence-corrected chi connectivity index (χ1v) is 7.23. The van der Waals surface area contributed by atoms with E-state index in [9.17, 15) is 18.4 Å². The van der Waals surface area contributed by atoms with Crippen LogP contribution in [0.2, 0.25) is 0 Å². The quantitative estimate of drug-likeness (QED) is 0.594. The Bertz CT molecular complexity index is 558. The molecule has 0 spiro atoms. The smallest absolute Gasteiger partial charge is 0.378 e. The number of alkyl halides is 2. The van der Waals surface area contributed by atoms with E-state index in [0.29, 0.717) is 0 Å². The first kappa shape index (κ1) is 17.8. The number of carboxylic acid groups (broad SMARTS) is 1. The Kier molecular flexibility index (Phi) is 5.66. The molecule has 0 fully saturated rings. The molecule has 1 rings (SSSR count). The van der Waals surface area contributed by atoms with Crippen LogP contribution in [0.15, 0.2) is 18.2 Å². The van der Waals surface area contributed by atoms with Crippen molar-refractivity contribution < 1.29 is 28.2 Å². The number of benzene rings is 1. The third-order valence-corrected chi connectivity index (χ3v) is 4.09. The first-order valence-electron chi connectivity index (χ1n) is 6.15. The standard InChI is InChI=1S/C14H15F2IO4/c1-7(2)11(14(15,16)13(19)20)21-12(18)9-4-5-10(17)8(3)6-9/h4-7,11H,1-3H3,(H,19,20). The molecule has 1 aromatic carbocycles. The van der Waals surface area contributed by atoms with Crippen molar-refractivity contribution >= 4 is 34.5 Å². The minimum absolute atomic E-state index is 0.111. The number of carboxylic acids is 1. The summed E-state index contributed by atoms with van der Waals surface area (Å²) >= 11 is 2.07. The summed E-state index contributed by atoms with van der Waals surface area (Å²) in [5.74, 6) is -8.26. The molecule has 1 aromatic rings. The predicted molar refractivity (Wildman–Crippen MR) is 80.5 cm³/mol. The fraction of sp³-hybridized carbons (Fsp3) is 0.429. The van der Waals surface area contributed by atoms with Gasteiger partial charge in [0.1, 0.15) is 0 Å². The molecule has 0 bridgehead atoms. The van der Waals surface area contributed by atoms with Crippen LogP contribution >= 0.6 is 22.6 Å². The molecule has 1 atom stereocenters. The molecule has 0 aliphatic rings. The molecule has 116 valence electrons. The van der Waals surface area contributed by atoms with Gasteiger partial charge in [0.05, 0.1) is 5.56 Å². The molecule has 7 heteroatoms. The van der Waals surface area contributed by atoms with E-state index in [1.807, 2.05) is 0 Å². The van der Waals surface area contributed by atoms with Crippen LogP contribution in [-0.4, -0.2) is 29.1 Å². The number of carbonyl (C=O) groups excluding carboxylic acids is 1. The Morgan fingerprint density at radius 3 is 2.33 bits per heavy atom. The Morgan fingerprint density at radius 2 is 1.90 bits per heavy atom. The number of carbonyl (C=O) groups is 2. The first-order chi connectivity index (χ1) is 9.57. The van der Waals surface area contributed by atoms with E-state index in [4.69, 9.17) is 9.84 Å². The van der Waals surface area contributed by atoms with Crippen LogP contribution in [0.5, 0.6) is 0 Å². The van der Waals surface area contributed by atoms with E-state index in [1.165, 1.54) is 26.0 Å². The van der Waals surface area contributed by atoms with Gasteiger partial charge < -0.3 is 9.84 Å². The summed E-state index contributed by atoms with van der Waals surface area (Å²) in [4.78, 5) is 22.6. The zero-order valence-corrected chi connectivity index (χ0v) is 13.9. The van der Waals surface area contributed by atoms with Gasteiger partial charge in [0.25, 0.3) is 0 Å². The summed E-state index contributed by atoms with van der Waals surface area (Å²) in [5, 5.41) is 8.58. The van der Waals surface area contributed by atoms with Gasteiger partial charge >= 0.3 is 17.9 Å². The average Bonchev–Trinajstić information content (AvgIpc) is 2.38. The molecule has 0 saturated heterocycles. The fourth-order valence-corrected chi connectivity index (χ4v) is 2.04. The molecule has 1 N–H and O–H groups in total. The second kappa shape index (κ2) is 6.67. The van der Waals surface area contributed by atoms with Crippen molar-refractivity contribution in [2.24, 2.45) is 5.92 Å². The predicted octanol–water partition coefficient (Wildman–Crippen LogP) is 3.50. The highest BCUT2D eigenvalue weighted by Gasteiger charge is 2.51. The third-order valence-electron chi connectivity index (χ3n) is 2.88. The van der Waals surface area contributed by atoms with Gasteiger partial charge in [0, 0.05) is 3.57 Å². The number of rotatable bonds is 5. The largest absolute Gasteiger partial charge is 0.477 e.